The fourth-order valence-corrected chi connectivity index (χ4v) is 4.45. The van der Waals surface area contributed by atoms with Gasteiger partial charge < -0.3 is 9.88 Å². The Morgan fingerprint density at radius 2 is 2.12 bits per heavy atom. The Kier molecular flexibility index (Phi) is 3.60. The smallest absolute Gasteiger partial charge is 0.254 e. The summed E-state index contributed by atoms with van der Waals surface area (Å²) in [5.41, 5.74) is 2.58. The number of thiazole rings is 1. The molecule has 24 heavy (non-hydrogen) atoms. The number of aryl methyl sites for hydroxylation is 2. The Hall–Kier alpha value is -2.28. The molecule has 6 nitrogen and oxygen atoms in total. The highest BCUT2D eigenvalue weighted by Gasteiger charge is 2.40. The zero-order valence-electron chi connectivity index (χ0n) is 13.7. The summed E-state index contributed by atoms with van der Waals surface area (Å²) in [5.74, 6) is -0.101. The lowest BCUT2D eigenvalue weighted by Crippen LogP contribution is -2.43. The lowest BCUT2D eigenvalue weighted by molar-refractivity contribution is 0.0899. The van der Waals surface area contributed by atoms with E-state index in [1.54, 1.807) is 29.9 Å². The van der Waals surface area contributed by atoms with Gasteiger partial charge in [-0.3, -0.25) is 4.79 Å². The molecular weight excluding hydrogens is 322 g/mol. The van der Waals surface area contributed by atoms with Gasteiger partial charge in [0.15, 0.2) is 5.65 Å². The number of imidazole rings is 1. The van der Waals surface area contributed by atoms with E-state index in [1.165, 1.54) is 0 Å². The number of carbonyl (C=O) groups excluding carboxylic acids is 1. The van der Waals surface area contributed by atoms with Crippen LogP contribution in [0.3, 0.4) is 0 Å². The summed E-state index contributed by atoms with van der Waals surface area (Å²) in [5, 5.41) is 6.33. The third-order valence-corrected chi connectivity index (χ3v) is 5.85. The molecule has 3 aromatic rings. The first-order chi connectivity index (χ1) is 11.6. The SMILES string of the molecule is Cc1csc(C2(NC(=O)c3ccnc4c3ncn4C)CCCC2)n1. The van der Waals surface area contributed by atoms with Crippen molar-refractivity contribution in [2.24, 2.45) is 7.05 Å². The molecule has 7 heteroatoms. The van der Waals surface area contributed by atoms with Crippen molar-refractivity contribution in [3.8, 4) is 0 Å². The summed E-state index contributed by atoms with van der Waals surface area (Å²) >= 11 is 1.63. The minimum Gasteiger partial charge on any atom is -0.340 e. The third-order valence-electron chi connectivity index (χ3n) is 4.68. The molecule has 1 amide bonds. The number of carbonyl (C=O) groups is 1. The van der Waals surface area contributed by atoms with E-state index < -0.39 is 0 Å². The van der Waals surface area contributed by atoms with Crippen LogP contribution in [0, 0.1) is 6.92 Å². The molecule has 1 N–H and O–H groups in total. The van der Waals surface area contributed by atoms with E-state index in [1.807, 2.05) is 23.9 Å². The lowest BCUT2D eigenvalue weighted by atomic mass is 9.97. The van der Waals surface area contributed by atoms with Crippen LogP contribution < -0.4 is 5.32 Å². The topological polar surface area (TPSA) is 72.7 Å². The van der Waals surface area contributed by atoms with Gasteiger partial charge in [0.1, 0.15) is 10.5 Å². The van der Waals surface area contributed by atoms with Gasteiger partial charge in [0.2, 0.25) is 0 Å². The Labute approximate surface area is 144 Å². The molecule has 0 unspecified atom stereocenters. The number of amides is 1. The lowest BCUT2D eigenvalue weighted by Gasteiger charge is -2.28. The van der Waals surface area contributed by atoms with Gasteiger partial charge in [0, 0.05) is 24.3 Å². The molecular formula is C17H19N5OS. The van der Waals surface area contributed by atoms with Crippen molar-refractivity contribution in [1.82, 2.24) is 24.8 Å². The number of rotatable bonds is 3. The van der Waals surface area contributed by atoms with Crippen LogP contribution in [0.2, 0.25) is 0 Å². The van der Waals surface area contributed by atoms with Gasteiger partial charge >= 0.3 is 0 Å². The quantitative estimate of drug-likeness (QED) is 0.795. The zero-order chi connectivity index (χ0) is 16.7. The molecule has 0 atom stereocenters. The minimum absolute atomic E-state index is 0.101. The molecule has 1 aliphatic rings. The normalized spacial score (nSPS) is 16.6. The molecule has 0 spiro atoms. The molecule has 3 heterocycles. The molecule has 0 aromatic carbocycles. The first-order valence-electron chi connectivity index (χ1n) is 8.10. The highest BCUT2D eigenvalue weighted by atomic mass is 32.1. The summed E-state index contributed by atoms with van der Waals surface area (Å²) in [4.78, 5) is 26.3. The first kappa shape index (κ1) is 15.3. The number of fused-ring (bicyclic) bond motifs is 1. The van der Waals surface area contributed by atoms with Gasteiger partial charge in [-0.15, -0.1) is 11.3 Å². The van der Waals surface area contributed by atoms with E-state index in [9.17, 15) is 4.79 Å². The standard InChI is InChI=1S/C17H19N5OS/c1-11-9-24-16(20-11)17(6-3-4-7-17)21-15(23)12-5-8-18-14-13(12)19-10-22(14)2/h5,8-10H,3-4,6-7H2,1-2H3,(H,21,23). The second kappa shape index (κ2) is 5.66. The summed E-state index contributed by atoms with van der Waals surface area (Å²) in [6.45, 7) is 1.99. The molecule has 0 aliphatic heterocycles. The third kappa shape index (κ3) is 2.39. The molecule has 1 fully saturated rings. The number of nitrogens with zero attached hydrogens (tertiary/aromatic N) is 4. The number of hydrogen-bond acceptors (Lipinski definition) is 5. The van der Waals surface area contributed by atoms with E-state index in [0.717, 1.165) is 36.4 Å². The Bertz CT molecular complexity index is 907. The molecule has 1 saturated carbocycles. The van der Waals surface area contributed by atoms with Crippen LogP contribution >= 0.6 is 11.3 Å². The molecule has 0 bridgehead atoms. The van der Waals surface area contributed by atoms with Crippen LogP contribution in [-0.2, 0) is 12.6 Å². The highest BCUT2D eigenvalue weighted by molar-refractivity contribution is 7.09. The molecule has 3 aromatic heterocycles. The molecule has 4 rings (SSSR count). The van der Waals surface area contributed by atoms with Crippen LogP contribution in [0.15, 0.2) is 24.0 Å². The van der Waals surface area contributed by atoms with Crippen LogP contribution in [0.25, 0.3) is 11.2 Å². The Morgan fingerprint density at radius 3 is 2.83 bits per heavy atom. The van der Waals surface area contributed by atoms with Gasteiger partial charge in [0.25, 0.3) is 5.91 Å². The van der Waals surface area contributed by atoms with E-state index in [-0.39, 0.29) is 11.4 Å². The van der Waals surface area contributed by atoms with Crippen molar-refractivity contribution in [1.29, 1.82) is 0 Å². The molecule has 0 radical (unpaired) electrons. The van der Waals surface area contributed by atoms with Gasteiger partial charge in [-0.2, -0.15) is 0 Å². The average Bonchev–Trinajstić information content (AvgIpc) is 3.29. The predicted octanol–water partition coefficient (Wildman–Crippen LogP) is 2.93. The minimum atomic E-state index is -0.347. The Morgan fingerprint density at radius 1 is 1.33 bits per heavy atom. The number of aromatic nitrogens is 4. The van der Waals surface area contributed by atoms with Gasteiger partial charge in [-0.05, 0) is 25.8 Å². The number of hydrogen-bond donors (Lipinski definition) is 1. The van der Waals surface area contributed by atoms with E-state index in [2.05, 4.69) is 20.3 Å². The monoisotopic (exact) mass is 341 g/mol. The van der Waals surface area contributed by atoms with Crippen molar-refractivity contribution in [3.05, 3.63) is 40.2 Å². The van der Waals surface area contributed by atoms with Gasteiger partial charge in [0.05, 0.1) is 17.4 Å². The van der Waals surface area contributed by atoms with E-state index >= 15 is 0 Å². The second-order valence-electron chi connectivity index (χ2n) is 6.42. The number of pyridine rings is 1. The average molecular weight is 341 g/mol. The van der Waals surface area contributed by atoms with Crippen LogP contribution in [-0.4, -0.2) is 25.4 Å². The maximum absolute atomic E-state index is 13.0. The van der Waals surface area contributed by atoms with Gasteiger partial charge in [-0.1, -0.05) is 12.8 Å². The van der Waals surface area contributed by atoms with Crippen molar-refractivity contribution in [2.45, 2.75) is 38.1 Å². The van der Waals surface area contributed by atoms with Gasteiger partial charge in [-0.25, -0.2) is 15.0 Å². The van der Waals surface area contributed by atoms with Crippen molar-refractivity contribution in [2.75, 3.05) is 0 Å². The first-order valence-corrected chi connectivity index (χ1v) is 8.98. The van der Waals surface area contributed by atoms with Crippen molar-refractivity contribution < 1.29 is 4.79 Å². The predicted molar refractivity (Wildman–Crippen MR) is 93.0 cm³/mol. The summed E-state index contributed by atoms with van der Waals surface area (Å²) in [6.07, 6.45) is 7.42. The highest BCUT2D eigenvalue weighted by Crippen LogP contribution is 2.40. The maximum Gasteiger partial charge on any atom is 0.254 e. The van der Waals surface area contributed by atoms with Crippen molar-refractivity contribution in [3.63, 3.8) is 0 Å². The van der Waals surface area contributed by atoms with Crippen molar-refractivity contribution >= 4 is 28.4 Å². The fourth-order valence-electron chi connectivity index (χ4n) is 3.44. The van der Waals surface area contributed by atoms with E-state index in [4.69, 9.17) is 0 Å². The molecule has 0 saturated heterocycles. The van der Waals surface area contributed by atoms with Crippen LogP contribution in [0.1, 0.15) is 46.7 Å². The summed E-state index contributed by atoms with van der Waals surface area (Å²) in [6, 6.07) is 1.74. The largest absolute Gasteiger partial charge is 0.340 e. The molecule has 124 valence electrons. The Balaban J connectivity index is 1.71. The summed E-state index contributed by atoms with van der Waals surface area (Å²) in [7, 11) is 1.88. The van der Waals surface area contributed by atoms with E-state index in [0.29, 0.717) is 16.7 Å². The zero-order valence-corrected chi connectivity index (χ0v) is 14.6. The van der Waals surface area contributed by atoms with Crippen LogP contribution in [0.4, 0.5) is 0 Å². The maximum atomic E-state index is 13.0. The number of nitrogens with one attached hydrogen (secondary N) is 1. The molecule has 1 aliphatic carbocycles. The summed E-state index contributed by atoms with van der Waals surface area (Å²) < 4.78 is 1.82. The fraction of sp³-hybridized carbons (Fsp3) is 0.412. The second-order valence-corrected chi connectivity index (χ2v) is 7.28. The van der Waals surface area contributed by atoms with Crippen LogP contribution in [0.5, 0.6) is 0 Å².